The molecule has 2 heterocycles. The number of aromatic amines is 1. The van der Waals surface area contributed by atoms with Gasteiger partial charge in [0.25, 0.3) is 0 Å². The van der Waals surface area contributed by atoms with Crippen molar-refractivity contribution in [3.8, 4) is 0 Å². The molecule has 1 aromatic carbocycles. The van der Waals surface area contributed by atoms with Gasteiger partial charge in [-0.05, 0) is 35.9 Å². The maximum Gasteiger partial charge on any atom is 0.328 e. The van der Waals surface area contributed by atoms with Crippen molar-refractivity contribution in [2.24, 2.45) is 0 Å². The number of nitrogens with one attached hydrogen (secondary N) is 1. The van der Waals surface area contributed by atoms with Crippen LogP contribution in [0.2, 0.25) is 0 Å². The van der Waals surface area contributed by atoms with Gasteiger partial charge < -0.3 is 14.6 Å². The Labute approximate surface area is 122 Å². The van der Waals surface area contributed by atoms with E-state index in [-0.39, 0.29) is 11.9 Å². The van der Waals surface area contributed by atoms with Crippen LogP contribution < -0.4 is 0 Å². The molecule has 3 rings (SSSR count). The van der Waals surface area contributed by atoms with Gasteiger partial charge in [0, 0.05) is 18.3 Å². The summed E-state index contributed by atoms with van der Waals surface area (Å²) in [5.41, 5.74) is 1.97. The molecule has 1 aromatic heterocycles. The summed E-state index contributed by atoms with van der Waals surface area (Å²) in [6.45, 7) is 0.628. The lowest BCUT2D eigenvalue weighted by Gasteiger charge is -2.22. The highest BCUT2D eigenvalue weighted by Gasteiger charge is 2.34. The third kappa shape index (κ3) is 2.63. The standard InChI is InChI=1S/C16H18N2O3/c1-21-16(20)14-3-2-8-18(14)15(19)10-11-4-5-12-6-7-17-13(12)9-11/h4-7,9,14,17H,2-3,8,10H2,1H3. The Morgan fingerprint density at radius 3 is 3.05 bits per heavy atom. The van der Waals surface area contributed by atoms with Crippen LogP contribution in [0.4, 0.5) is 0 Å². The average molecular weight is 286 g/mol. The minimum Gasteiger partial charge on any atom is -0.467 e. The molecule has 1 amide bonds. The van der Waals surface area contributed by atoms with Crippen molar-refractivity contribution in [1.29, 1.82) is 0 Å². The minimum absolute atomic E-state index is 0.0196. The van der Waals surface area contributed by atoms with E-state index in [1.165, 1.54) is 7.11 Å². The molecule has 1 aliphatic heterocycles. The molecule has 0 spiro atoms. The zero-order chi connectivity index (χ0) is 14.8. The lowest BCUT2D eigenvalue weighted by atomic mass is 10.1. The molecule has 0 bridgehead atoms. The van der Waals surface area contributed by atoms with Crippen molar-refractivity contribution in [1.82, 2.24) is 9.88 Å². The van der Waals surface area contributed by atoms with E-state index < -0.39 is 6.04 Å². The van der Waals surface area contributed by atoms with Crippen LogP contribution in [0.5, 0.6) is 0 Å². The van der Waals surface area contributed by atoms with E-state index in [4.69, 9.17) is 4.74 Å². The molecule has 1 saturated heterocycles. The summed E-state index contributed by atoms with van der Waals surface area (Å²) in [4.78, 5) is 28.9. The summed E-state index contributed by atoms with van der Waals surface area (Å²) >= 11 is 0. The largest absolute Gasteiger partial charge is 0.467 e. The molecule has 5 nitrogen and oxygen atoms in total. The van der Waals surface area contributed by atoms with E-state index >= 15 is 0 Å². The van der Waals surface area contributed by atoms with Crippen LogP contribution in [0.3, 0.4) is 0 Å². The van der Waals surface area contributed by atoms with Gasteiger partial charge >= 0.3 is 5.97 Å². The third-order valence-electron chi connectivity index (χ3n) is 4.02. The molecular weight excluding hydrogens is 268 g/mol. The number of methoxy groups -OCH3 is 1. The zero-order valence-electron chi connectivity index (χ0n) is 12.0. The predicted octanol–water partition coefficient (Wildman–Crippen LogP) is 1.87. The smallest absolute Gasteiger partial charge is 0.328 e. The van der Waals surface area contributed by atoms with Crippen molar-refractivity contribution in [3.05, 3.63) is 36.0 Å². The Morgan fingerprint density at radius 2 is 2.24 bits per heavy atom. The molecule has 1 unspecified atom stereocenters. The Hall–Kier alpha value is -2.30. The Kier molecular flexibility index (Phi) is 3.64. The first kappa shape index (κ1) is 13.7. The maximum atomic E-state index is 12.4. The molecule has 21 heavy (non-hydrogen) atoms. The van der Waals surface area contributed by atoms with Gasteiger partial charge in [-0.15, -0.1) is 0 Å². The molecule has 0 saturated carbocycles. The van der Waals surface area contributed by atoms with E-state index in [0.29, 0.717) is 19.4 Å². The van der Waals surface area contributed by atoms with Crippen LogP contribution in [0.1, 0.15) is 18.4 Å². The van der Waals surface area contributed by atoms with Gasteiger partial charge in [0.2, 0.25) is 5.91 Å². The van der Waals surface area contributed by atoms with Crippen molar-refractivity contribution in [3.63, 3.8) is 0 Å². The summed E-state index contributed by atoms with van der Waals surface area (Å²) in [5, 5.41) is 1.12. The van der Waals surface area contributed by atoms with Gasteiger partial charge in [-0.3, -0.25) is 4.79 Å². The van der Waals surface area contributed by atoms with E-state index in [1.807, 2.05) is 30.5 Å². The fourth-order valence-corrected chi connectivity index (χ4v) is 2.93. The number of hydrogen-bond acceptors (Lipinski definition) is 3. The number of hydrogen-bond donors (Lipinski definition) is 1. The van der Waals surface area contributed by atoms with Crippen LogP contribution in [-0.2, 0) is 20.7 Å². The lowest BCUT2D eigenvalue weighted by molar-refractivity contribution is -0.150. The second-order valence-corrected chi connectivity index (χ2v) is 5.34. The molecule has 1 aliphatic rings. The summed E-state index contributed by atoms with van der Waals surface area (Å²) in [5.74, 6) is -0.338. The number of likely N-dealkylation sites (tertiary alicyclic amines) is 1. The fraction of sp³-hybridized carbons (Fsp3) is 0.375. The number of ether oxygens (including phenoxy) is 1. The number of amides is 1. The monoisotopic (exact) mass is 286 g/mol. The Morgan fingerprint density at radius 1 is 1.38 bits per heavy atom. The zero-order valence-corrected chi connectivity index (χ0v) is 12.0. The second kappa shape index (κ2) is 5.60. The van der Waals surface area contributed by atoms with E-state index in [2.05, 4.69) is 4.98 Å². The number of carbonyl (C=O) groups excluding carboxylic acids is 2. The van der Waals surface area contributed by atoms with E-state index in [1.54, 1.807) is 4.90 Å². The SMILES string of the molecule is COC(=O)C1CCCN1C(=O)Cc1ccc2cc[nH]c2c1. The fourth-order valence-electron chi connectivity index (χ4n) is 2.93. The van der Waals surface area contributed by atoms with Gasteiger partial charge in [-0.1, -0.05) is 12.1 Å². The highest BCUT2D eigenvalue weighted by Crippen LogP contribution is 2.21. The summed E-state index contributed by atoms with van der Waals surface area (Å²) in [7, 11) is 1.36. The van der Waals surface area contributed by atoms with Gasteiger partial charge in [0.1, 0.15) is 6.04 Å². The van der Waals surface area contributed by atoms with Crippen LogP contribution in [-0.4, -0.2) is 41.5 Å². The number of fused-ring (bicyclic) bond motifs is 1. The molecule has 1 atom stereocenters. The summed E-state index contributed by atoms with van der Waals surface area (Å²) in [6, 6.07) is 7.51. The van der Waals surface area contributed by atoms with Crippen molar-refractivity contribution in [2.75, 3.05) is 13.7 Å². The molecule has 2 aromatic rings. The Balaban J connectivity index is 1.74. The highest BCUT2D eigenvalue weighted by atomic mass is 16.5. The average Bonchev–Trinajstić information content (AvgIpc) is 3.14. The minimum atomic E-state index is -0.420. The number of rotatable bonds is 3. The first-order valence-electron chi connectivity index (χ1n) is 7.12. The predicted molar refractivity (Wildman–Crippen MR) is 78.8 cm³/mol. The van der Waals surface area contributed by atoms with Gasteiger partial charge in [0.15, 0.2) is 0 Å². The lowest BCUT2D eigenvalue weighted by Crippen LogP contribution is -2.41. The number of nitrogens with zero attached hydrogens (tertiary/aromatic N) is 1. The topological polar surface area (TPSA) is 62.4 Å². The number of aromatic nitrogens is 1. The second-order valence-electron chi connectivity index (χ2n) is 5.34. The van der Waals surface area contributed by atoms with Crippen LogP contribution in [0.15, 0.2) is 30.5 Å². The number of esters is 1. The molecular formula is C16H18N2O3. The van der Waals surface area contributed by atoms with Crippen LogP contribution >= 0.6 is 0 Å². The van der Waals surface area contributed by atoms with Crippen molar-refractivity contribution in [2.45, 2.75) is 25.3 Å². The van der Waals surface area contributed by atoms with Gasteiger partial charge in [0.05, 0.1) is 13.5 Å². The molecule has 5 heteroatoms. The first-order valence-corrected chi connectivity index (χ1v) is 7.12. The number of benzene rings is 1. The number of H-pyrrole nitrogens is 1. The highest BCUT2D eigenvalue weighted by molar-refractivity contribution is 5.87. The third-order valence-corrected chi connectivity index (χ3v) is 4.02. The molecule has 110 valence electrons. The molecule has 0 aliphatic carbocycles. The normalized spacial score (nSPS) is 18.1. The quantitative estimate of drug-likeness (QED) is 0.876. The number of carbonyl (C=O) groups is 2. The van der Waals surface area contributed by atoms with Crippen LogP contribution in [0.25, 0.3) is 10.9 Å². The molecule has 1 fully saturated rings. The van der Waals surface area contributed by atoms with E-state index in [0.717, 1.165) is 22.9 Å². The summed E-state index contributed by atoms with van der Waals surface area (Å²) in [6.07, 6.45) is 3.72. The molecule has 0 radical (unpaired) electrons. The first-order chi connectivity index (χ1) is 10.2. The summed E-state index contributed by atoms with van der Waals surface area (Å²) < 4.78 is 4.77. The maximum absolute atomic E-state index is 12.4. The molecule has 1 N–H and O–H groups in total. The van der Waals surface area contributed by atoms with Crippen LogP contribution in [0, 0.1) is 0 Å². The van der Waals surface area contributed by atoms with Gasteiger partial charge in [-0.25, -0.2) is 4.79 Å². The van der Waals surface area contributed by atoms with Gasteiger partial charge in [-0.2, -0.15) is 0 Å². The van der Waals surface area contributed by atoms with Crippen molar-refractivity contribution < 1.29 is 14.3 Å². The van der Waals surface area contributed by atoms with Crippen molar-refractivity contribution >= 4 is 22.8 Å². The Bertz CT molecular complexity index is 677. The van der Waals surface area contributed by atoms with E-state index in [9.17, 15) is 9.59 Å².